The first kappa shape index (κ1) is 15.9. The Morgan fingerprint density at radius 1 is 1.04 bits per heavy atom. The van der Waals surface area contributed by atoms with Gasteiger partial charge in [-0.25, -0.2) is 4.98 Å². The van der Waals surface area contributed by atoms with E-state index in [0.29, 0.717) is 17.3 Å². The first-order valence-electron chi connectivity index (χ1n) is 7.49. The van der Waals surface area contributed by atoms with Gasteiger partial charge < -0.3 is 18.8 Å². The van der Waals surface area contributed by atoms with Crippen LogP contribution in [-0.4, -0.2) is 29.7 Å². The Labute approximate surface area is 139 Å². The summed E-state index contributed by atoms with van der Waals surface area (Å²) < 4.78 is 17.7. The third-order valence-electron chi connectivity index (χ3n) is 3.67. The second-order valence-corrected chi connectivity index (χ2v) is 5.12. The molecule has 0 radical (unpaired) electrons. The van der Waals surface area contributed by atoms with Gasteiger partial charge in [0.15, 0.2) is 11.5 Å². The lowest BCUT2D eigenvalue weighted by molar-refractivity contribution is -0.141. The summed E-state index contributed by atoms with van der Waals surface area (Å²) in [5.74, 6) is 1.58. The van der Waals surface area contributed by atoms with E-state index >= 15 is 0 Å². The summed E-state index contributed by atoms with van der Waals surface area (Å²) in [6, 6.07) is 15.0. The molecule has 3 rings (SSSR count). The molecule has 1 aromatic heterocycles. The van der Waals surface area contributed by atoms with E-state index in [0.717, 1.165) is 11.0 Å². The molecule has 0 bridgehead atoms. The predicted octanol–water partition coefficient (Wildman–Crippen LogP) is 2.80. The number of benzene rings is 2. The fourth-order valence-corrected chi connectivity index (χ4v) is 2.49. The zero-order valence-electron chi connectivity index (χ0n) is 13.6. The van der Waals surface area contributed by atoms with Crippen molar-refractivity contribution in [2.75, 3.05) is 14.2 Å². The van der Waals surface area contributed by atoms with Crippen LogP contribution in [0, 0.1) is 0 Å². The molecule has 0 amide bonds. The van der Waals surface area contributed by atoms with Crippen molar-refractivity contribution in [3.63, 3.8) is 0 Å². The Kier molecular flexibility index (Phi) is 4.65. The van der Waals surface area contributed by atoms with Crippen LogP contribution in [-0.2, 0) is 22.7 Å². The smallest absolute Gasteiger partial charge is 0.325 e. The first-order chi connectivity index (χ1) is 11.7. The highest BCUT2D eigenvalue weighted by Gasteiger charge is 2.15. The standard InChI is InChI=1S/C18H18N2O4/c1-22-15-9-5-6-10-16(15)24-12-17-19-13-7-3-4-8-14(13)20(17)11-18(21)23-2/h3-10H,11-12H2,1-2H3. The van der Waals surface area contributed by atoms with Gasteiger partial charge in [0.2, 0.25) is 0 Å². The van der Waals surface area contributed by atoms with Crippen molar-refractivity contribution in [3.8, 4) is 11.5 Å². The summed E-state index contributed by atoms with van der Waals surface area (Å²) in [6.07, 6.45) is 0. The molecule has 0 aliphatic rings. The topological polar surface area (TPSA) is 62.6 Å². The van der Waals surface area contributed by atoms with Crippen LogP contribution in [0.2, 0.25) is 0 Å². The van der Waals surface area contributed by atoms with Gasteiger partial charge in [-0.3, -0.25) is 4.79 Å². The number of hydrogen-bond donors (Lipinski definition) is 0. The summed E-state index contributed by atoms with van der Waals surface area (Å²) in [5.41, 5.74) is 1.67. The Morgan fingerprint density at radius 3 is 2.50 bits per heavy atom. The maximum atomic E-state index is 11.7. The van der Waals surface area contributed by atoms with E-state index in [4.69, 9.17) is 14.2 Å². The molecule has 124 valence electrons. The van der Waals surface area contributed by atoms with Crippen molar-refractivity contribution in [1.82, 2.24) is 9.55 Å². The van der Waals surface area contributed by atoms with E-state index in [1.54, 1.807) is 11.7 Å². The number of carbonyl (C=O) groups is 1. The average molecular weight is 326 g/mol. The highest BCUT2D eigenvalue weighted by molar-refractivity contribution is 5.78. The molecule has 0 N–H and O–H groups in total. The summed E-state index contributed by atoms with van der Waals surface area (Å²) in [5, 5.41) is 0. The van der Waals surface area contributed by atoms with E-state index in [2.05, 4.69) is 4.98 Å². The number of hydrogen-bond acceptors (Lipinski definition) is 5. The van der Waals surface area contributed by atoms with E-state index in [9.17, 15) is 4.79 Å². The number of aromatic nitrogens is 2. The van der Waals surface area contributed by atoms with Crippen LogP contribution < -0.4 is 9.47 Å². The molecule has 3 aromatic rings. The fourth-order valence-electron chi connectivity index (χ4n) is 2.49. The monoisotopic (exact) mass is 326 g/mol. The summed E-state index contributed by atoms with van der Waals surface area (Å²) in [7, 11) is 2.96. The Morgan fingerprint density at radius 2 is 1.75 bits per heavy atom. The van der Waals surface area contributed by atoms with Crippen LogP contribution >= 0.6 is 0 Å². The normalized spacial score (nSPS) is 10.6. The summed E-state index contributed by atoms with van der Waals surface area (Å²) >= 11 is 0. The number of methoxy groups -OCH3 is 2. The van der Waals surface area contributed by atoms with E-state index < -0.39 is 0 Å². The SMILES string of the molecule is COC(=O)Cn1c(COc2ccccc2OC)nc2ccccc21. The molecule has 0 spiro atoms. The van der Waals surface area contributed by atoms with Gasteiger partial charge in [0.1, 0.15) is 19.0 Å². The molecule has 0 aliphatic carbocycles. The zero-order chi connectivity index (χ0) is 16.9. The van der Waals surface area contributed by atoms with Crippen LogP contribution in [0.25, 0.3) is 11.0 Å². The number of ether oxygens (including phenoxy) is 3. The van der Waals surface area contributed by atoms with Crippen molar-refractivity contribution in [2.24, 2.45) is 0 Å². The number of esters is 1. The fraction of sp³-hybridized carbons (Fsp3) is 0.222. The molecule has 0 saturated carbocycles. The highest BCUT2D eigenvalue weighted by atomic mass is 16.5. The molecular weight excluding hydrogens is 308 g/mol. The molecule has 6 nitrogen and oxygen atoms in total. The summed E-state index contributed by atoms with van der Waals surface area (Å²) in [6.45, 7) is 0.299. The third kappa shape index (κ3) is 3.17. The molecule has 0 saturated heterocycles. The van der Waals surface area contributed by atoms with Gasteiger partial charge >= 0.3 is 5.97 Å². The lowest BCUT2D eigenvalue weighted by atomic mass is 10.3. The number of para-hydroxylation sites is 4. The van der Waals surface area contributed by atoms with Gasteiger partial charge in [-0.1, -0.05) is 24.3 Å². The van der Waals surface area contributed by atoms with Crippen molar-refractivity contribution in [1.29, 1.82) is 0 Å². The molecule has 0 atom stereocenters. The second kappa shape index (κ2) is 7.04. The third-order valence-corrected chi connectivity index (χ3v) is 3.67. The number of rotatable bonds is 6. The molecule has 0 unspecified atom stereocenters. The van der Waals surface area contributed by atoms with Crippen molar-refractivity contribution >= 4 is 17.0 Å². The van der Waals surface area contributed by atoms with Crippen LogP contribution in [0.5, 0.6) is 11.5 Å². The number of carbonyl (C=O) groups excluding carboxylic acids is 1. The van der Waals surface area contributed by atoms with Crippen molar-refractivity contribution in [3.05, 3.63) is 54.4 Å². The van der Waals surface area contributed by atoms with Gasteiger partial charge in [-0.2, -0.15) is 0 Å². The van der Waals surface area contributed by atoms with Crippen LogP contribution in [0.1, 0.15) is 5.82 Å². The zero-order valence-corrected chi connectivity index (χ0v) is 13.6. The lowest BCUT2D eigenvalue weighted by Gasteiger charge is -2.11. The lowest BCUT2D eigenvalue weighted by Crippen LogP contribution is -2.15. The number of imidazole rings is 1. The molecule has 1 heterocycles. The van der Waals surface area contributed by atoms with E-state index in [-0.39, 0.29) is 19.1 Å². The molecule has 2 aromatic carbocycles. The maximum absolute atomic E-state index is 11.7. The minimum atomic E-state index is -0.336. The molecule has 0 fully saturated rings. The maximum Gasteiger partial charge on any atom is 0.325 e. The van der Waals surface area contributed by atoms with Gasteiger partial charge in [0.05, 0.1) is 25.3 Å². The number of fused-ring (bicyclic) bond motifs is 1. The quantitative estimate of drug-likeness (QED) is 0.652. The van der Waals surface area contributed by atoms with E-state index in [1.807, 2.05) is 48.5 Å². The Bertz CT molecular complexity index is 857. The predicted molar refractivity (Wildman–Crippen MR) is 89.1 cm³/mol. The molecule has 6 heteroatoms. The van der Waals surface area contributed by atoms with E-state index in [1.165, 1.54) is 7.11 Å². The largest absolute Gasteiger partial charge is 0.493 e. The number of nitrogens with zero attached hydrogens (tertiary/aromatic N) is 2. The first-order valence-corrected chi connectivity index (χ1v) is 7.49. The van der Waals surface area contributed by atoms with Crippen molar-refractivity contribution in [2.45, 2.75) is 13.2 Å². The Balaban J connectivity index is 1.90. The van der Waals surface area contributed by atoms with Crippen LogP contribution in [0.15, 0.2) is 48.5 Å². The van der Waals surface area contributed by atoms with Crippen LogP contribution in [0.3, 0.4) is 0 Å². The minimum absolute atomic E-state index is 0.0850. The average Bonchev–Trinajstić information content (AvgIpc) is 2.97. The molecule has 0 aliphatic heterocycles. The Hall–Kier alpha value is -3.02. The second-order valence-electron chi connectivity index (χ2n) is 5.12. The van der Waals surface area contributed by atoms with Gasteiger partial charge in [-0.15, -0.1) is 0 Å². The summed E-state index contributed by atoms with van der Waals surface area (Å²) in [4.78, 5) is 16.3. The van der Waals surface area contributed by atoms with Gasteiger partial charge in [0.25, 0.3) is 0 Å². The highest BCUT2D eigenvalue weighted by Crippen LogP contribution is 2.27. The van der Waals surface area contributed by atoms with Gasteiger partial charge in [0, 0.05) is 0 Å². The van der Waals surface area contributed by atoms with Gasteiger partial charge in [-0.05, 0) is 24.3 Å². The molecular formula is C18H18N2O4. The minimum Gasteiger partial charge on any atom is -0.493 e. The van der Waals surface area contributed by atoms with Crippen molar-refractivity contribution < 1.29 is 19.0 Å². The molecule has 24 heavy (non-hydrogen) atoms. The van der Waals surface area contributed by atoms with Crippen LogP contribution in [0.4, 0.5) is 0 Å².